The summed E-state index contributed by atoms with van der Waals surface area (Å²) >= 11 is 5.86. The van der Waals surface area contributed by atoms with Crippen LogP contribution in [-0.4, -0.2) is 13.2 Å². The summed E-state index contributed by atoms with van der Waals surface area (Å²) < 4.78 is 5.77. The molecule has 0 amide bonds. The molecule has 0 heterocycles. The molecule has 2 N–H and O–H groups in total. The molecule has 1 aliphatic carbocycles. The molecular weight excluding hydrogens is 210 g/mol. The van der Waals surface area contributed by atoms with Gasteiger partial charge in [-0.05, 0) is 36.5 Å². The molecule has 1 unspecified atom stereocenters. The average Bonchev–Trinajstić information content (AvgIpc) is 3.05. The Morgan fingerprint density at radius 1 is 1.33 bits per heavy atom. The maximum absolute atomic E-state index is 5.86. The maximum atomic E-state index is 5.86. The van der Waals surface area contributed by atoms with E-state index < -0.39 is 0 Å². The quantitative estimate of drug-likeness (QED) is 0.837. The minimum atomic E-state index is 0.214. The van der Waals surface area contributed by atoms with E-state index in [1.54, 1.807) is 0 Å². The van der Waals surface area contributed by atoms with Gasteiger partial charge in [-0.15, -0.1) is 0 Å². The molecule has 0 saturated heterocycles. The van der Waals surface area contributed by atoms with E-state index in [0.29, 0.717) is 19.1 Å². The van der Waals surface area contributed by atoms with Crippen LogP contribution in [0.5, 0.6) is 0 Å². The van der Waals surface area contributed by atoms with Gasteiger partial charge in [0.25, 0.3) is 0 Å². The molecule has 1 atom stereocenters. The predicted octanol–water partition coefficient (Wildman–Crippen LogP) is 2.77. The van der Waals surface area contributed by atoms with Gasteiger partial charge in [-0.3, -0.25) is 0 Å². The Kier molecular flexibility index (Phi) is 3.62. The number of hydrogen-bond donors (Lipinski definition) is 1. The summed E-state index contributed by atoms with van der Waals surface area (Å²) in [5.41, 5.74) is 6.67. The molecule has 1 saturated carbocycles. The van der Waals surface area contributed by atoms with Crippen molar-refractivity contribution in [1.29, 1.82) is 0 Å². The van der Waals surface area contributed by atoms with E-state index in [0.717, 1.165) is 5.02 Å². The number of hydrogen-bond acceptors (Lipinski definition) is 2. The molecule has 2 nitrogen and oxygen atoms in total. The van der Waals surface area contributed by atoms with Crippen LogP contribution >= 0.6 is 11.6 Å². The second kappa shape index (κ2) is 4.97. The lowest BCUT2D eigenvalue weighted by Gasteiger charge is -2.17. The van der Waals surface area contributed by atoms with Gasteiger partial charge < -0.3 is 10.5 Å². The van der Waals surface area contributed by atoms with Crippen LogP contribution < -0.4 is 5.73 Å². The first kappa shape index (κ1) is 10.9. The van der Waals surface area contributed by atoms with Crippen LogP contribution in [0.1, 0.15) is 24.5 Å². The molecule has 3 heteroatoms. The Morgan fingerprint density at radius 2 is 2.00 bits per heavy atom. The van der Waals surface area contributed by atoms with Crippen molar-refractivity contribution in [3.8, 4) is 0 Å². The molecule has 1 aromatic carbocycles. The minimum absolute atomic E-state index is 0.214. The monoisotopic (exact) mass is 225 g/mol. The second-order valence-corrected chi connectivity index (χ2v) is 4.41. The van der Waals surface area contributed by atoms with E-state index in [1.165, 1.54) is 18.4 Å². The van der Waals surface area contributed by atoms with Crippen molar-refractivity contribution in [2.45, 2.75) is 18.9 Å². The normalized spacial score (nSPS) is 17.7. The van der Waals surface area contributed by atoms with E-state index >= 15 is 0 Å². The molecule has 0 aliphatic heterocycles. The molecule has 82 valence electrons. The van der Waals surface area contributed by atoms with Gasteiger partial charge in [0.1, 0.15) is 0 Å². The molecule has 1 fully saturated rings. The molecule has 1 aromatic rings. The lowest BCUT2D eigenvalue weighted by atomic mass is 10.1. The highest BCUT2D eigenvalue weighted by molar-refractivity contribution is 6.30. The average molecular weight is 226 g/mol. The standard InChI is InChI=1S/C12H16ClNO/c13-11-5-3-10(4-6-11)12(9-1-2-9)15-8-7-14/h3-6,9,12H,1-2,7-8,14H2. The van der Waals surface area contributed by atoms with Crippen LogP contribution in [0.25, 0.3) is 0 Å². The Labute approximate surface area is 95.4 Å². The second-order valence-electron chi connectivity index (χ2n) is 3.97. The predicted molar refractivity (Wildman–Crippen MR) is 61.9 cm³/mol. The molecule has 2 rings (SSSR count). The van der Waals surface area contributed by atoms with Crippen molar-refractivity contribution in [3.05, 3.63) is 34.9 Å². The first-order valence-electron chi connectivity index (χ1n) is 5.38. The van der Waals surface area contributed by atoms with E-state index in [4.69, 9.17) is 22.1 Å². The number of benzene rings is 1. The van der Waals surface area contributed by atoms with Crippen LogP contribution in [0.3, 0.4) is 0 Å². The van der Waals surface area contributed by atoms with Crippen molar-refractivity contribution >= 4 is 11.6 Å². The molecule has 15 heavy (non-hydrogen) atoms. The summed E-state index contributed by atoms with van der Waals surface area (Å²) in [5.74, 6) is 0.678. The number of rotatable bonds is 5. The van der Waals surface area contributed by atoms with Gasteiger partial charge in [-0.1, -0.05) is 23.7 Å². The zero-order valence-corrected chi connectivity index (χ0v) is 9.41. The Hall–Kier alpha value is -0.570. The highest BCUT2D eigenvalue weighted by Crippen LogP contribution is 2.43. The van der Waals surface area contributed by atoms with Crippen LogP contribution in [0.4, 0.5) is 0 Å². The fourth-order valence-electron chi connectivity index (χ4n) is 1.75. The van der Waals surface area contributed by atoms with Crippen LogP contribution in [0, 0.1) is 5.92 Å². The lowest BCUT2D eigenvalue weighted by molar-refractivity contribution is 0.0424. The summed E-state index contributed by atoms with van der Waals surface area (Å²) in [6.07, 6.45) is 2.74. The number of nitrogens with two attached hydrogens (primary N) is 1. The topological polar surface area (TPSA) is 35.2 Å². The Bertz CT molecular complexity index is 308. The largest absolute Gasteiger partial charge is 0.372 e. The first-order valence-corrected chi connectivity index (χ1v) is 5.76. The van der Waals surface area contributed by atoms with Gasteiger partial charge in [0.15, 0.2) is 0 Å². The third-order valence-corrected chi connectivity index (χ3v) is 2.92. The molecular formula is C12H16ClNO. The van der Waals surface area contributed by atoms with Gasteiger partial charge in [0, 0.05) is 11.6 Å². The Balaban J connectivity index is 2.06. The summed E-state index contributed by atoms with van der Waals surface area (Å²) in [6.45, 7) is 1.21. The minimum Gasteiger partial charge on any atom is -0.372 e. The summed E-state index contributed by atoms with van der Waals surface area (Å²) in [6, 6.07) is 7.92. The maximum Gasteiger partial charge on any atom is 0.0853 e. The molecule has 0 spiro atoms. The molecule has 0 radical (unpaired) electrons. The third kappa shape index (κ3) is 2.94. The van der Waals surface area contributed by atoms with E-state index in [1.807, 2.05) is 24.3 Å². The first-order chi connectivity index (χ1) is 7.31. The SMILES string of the molecule is NCCOC(c1ccc(Cl)cc1)C1CC1. The van der Waals surface area contributed by atoms with Gasteiger partial charge in [0.05, 0.1) is 12.7 Å². The van der Waals surface area contributed by atoms with Crippen molar-refractivity contribution in [2.75, 3.05) is 13.2 Å². The zero-order chi connectivity index (χ0) is 10.7. The smallest absolute Gasteiger partial charge is 0.0853 e. The number of halogens is 1. The fraction of sp³-hybridized carbons (Fsp3) is 0.500. The van der Waals surface area contributed by atoms with Gasteiger partial charge in [-0.25, -0.2) is 0 Å². The van der Waals surface area contributed by atoms with Crippen molar-refractivity contribution in [3.63, 3.8) is 0 Å². The summed E-state index contributed by atoms with van der Waals surface area (Å²) in [4.78, 5) is 0. The fourth-order valence-corrected chi connectivity index (χ4v) is 1.88. The third-order valence-electron chi connectivity index (χ3n) is 2.66. The van der Waals surface area contributed by atoms with Gasteiger partial charge in [0.2, 0.25) is 0 Å². The van der Waals surface area contributed by atoms with Gasteiger partial charge >= 0.3 is 0 Å². The summed E-state index contributed by atoms with van der Waals surface area (Å²) in [5, 5.41) is 0.770. The molecule has 0 bridgehead atoms. The van der Waals surface area contributed by atoms with E-state index in [2.05, 4.69) is 0 Å². The zero-order valence-electron chi connectivity index (χ0n) is 8.66. The highest BCUT2D eigenvalue weighted by Gasteiger charge is 2.32. The number of ether oxygens (including phenoxy) is 1. The summed E-state index contributed by atoms with van der Waals surface area (Å²) in [7, 11) is 0. The van der Waals surface area contributed by atoms with E-state index in [-0.39, 0.29) is 6.10 Å². The van der Waals surface area contributed by atoms with Crippen molar-refractivity contribution in [2.24, 2.45) is 11.7 Å². The van der Waals surface area contributed by atoms with Crippen LogP contribution in [0.15, 0.2) is 24.3 Å². The highest BCUT2D eigenvalue weighted by atomic mass is 35.5. The molecule has 0 aromatic heterocycles. The lowest BCUT2D eigenvalue weighted by Crippen LogP contribution is -2.14. The van der Waals surface area contributed by atoms with Crippen LogP contribution in [-0.2, 0) is 4.74 Å². The molecule has 1 aliphatic rings. The Morgan fingerprint density at radius 3 is 2.53 bits per heavy atom. The van der Waals surface area contributed by atoms with Crippen LogP contribution in [0.2, 0.25) is 5.02 Å². The van der Waals surface area contributed by atoms with Crippen molar-refractivity contribution < 1.29 is 4.74 Å². The van der Waals surface area contributed by atoms with Gasteiger partial charge in [-0.2, -0.15) is 0 Å². The van der Waals surface area contributed by atoms with E-state index in [9.17, 15) is 0 Å². The van der Waals surface area contributed by atoms with Crippen molar-refractivity contribution in [1.82, 2.24) is 0 Å².